The van der Waals surface area contributed by atoms with Gasteiger partial charge in [0, 0.05) is 10.9 Å². The van der Waals surface area contributed by atoms with Gasteiger partial charge >= 0.3 is 0 Å². The number of halogens is 1. The Balaban J connectivity index is 1.23. The summed E-state index contributed by atoms with van der Waals surface area (Å²) in [5.41, 5.74) is 1.58. The molecular formula is C29H40ClN3O2S. The van der Waals surface area contributed by atoms with Crippen LogP contribution in [-0.2, 0) is 11.3 Å². The van der Waals surface area contributed by atoms with Crippen LogP contribution in [0.15, 0.2) is 18.2 Å². The van der Waals surface area contributed by atoms with E-state index in [0.717, 1.165) is 48.6 Å². The molecule has 1 aromatic heterocycles. The van der Waals surface area contributed by atoms with Crippen molar-refractivity contribution in [2.75, 3.05) is 12.0 Å². The van der Waals surface area contributed by atoms with Gasteiger partial charge in [-0.3, -0.25) is 4.79 Å². The van der Waals surface area contributed by atoms with Crippen molar-refractivity contribution < 1.29 is 9.90 Å². The van der Waals surface area contributed by atoms with Crippen LogP contribution in [0, 0.1) is 40.4 Å². The number of fused-ring (bicyclic) bond motifs is 6. The average Bonchev–Trinajstić information content (AvgIpc) is 3.39. The van der Waals surface area contributed by atoms with Crippen molar-refractivity contribution in [3.8, 4) is 0 Å². The zero-order chi connectivity index (χ0) is 25.3. The van der Waals surface area contributed by atoms with Gasteiger partial charge in [-0.05, 0) is 129 Å². The maximum Gasteiger partial charge on any atom is 0.157 e. The number of nitrogens with zero attached hydrogens (tertiary/aromatic N) is 3. The van der Waals surface area contributed by atoms with Gasteiger partial charge in [0.05, 0.1) is 11.1 Å². The number of rotatable bonds is 5. The Labute approximate surface area is 224 Å². The van der Waals surface area contributed by atoms with Crippen LogP contribution >= 0.6 is 23.4 Å². The molecule has 0 saturated heterocycles. The van der Waals surface area contributed by atoms with Gasteiger partial charge in [-0.1, -0.05) is 23.7 Å². The molecule has 1 aromatic carbocycles. The number of thioether (sulfide) groups is 1. The summed E-state index contributed by atoms with van der Waals surface area (Å²) in [5.74, 6) is 4.41. The number of hydrogen-bond acceptors (Lipinski definition) is 5. The van der Waals surface area contributed by atoms with E-state index in [1.54, 1.807) is 4.68 Å². The molecule has 5 nitrogen and oxygen atoms in total. The summed E-state index contributed by atoms with van der Waals surface area (Å²) in [6.07, 6.45) is 12.4. The van der Waals surface area contributed by atoms with Crippen molar-refractivity contribution in [2.45, 2.75) is 83.8 Å². The zero-order valence-electron chi connectivity index (χ0n) is 21.9. The predicted molar refractivity (Wildman–Crippen MR) is 146 cm³/mol. The molecule has 6 rings (SSSR count). The Bertz CT molecular complexity index is 1170. The third-order valence-electron chi connectivity index (χ3n) is 11.2. The predicted octanol–water partition coefficient (Wildman–Crippen LogP) is 6.41. The van der Waals surface area contributed by atoms with E-state index < -0.39 is 5.60 Å². The van der Waals surface area contributed by atoms with Gasteiger partial charge in [-0.15, -0.1) is 5.10 Å². The van der Waals surface area contributed by atoms with Crippen molar-refractivity contribution in [2.24, 2.45) is 40.4 Å². The largest absolute Gasteiger partial charge is 0.390 e. The van der Waals surface area contributed by atoms with Crippen LogP contribution in [0.1, 0.15) is 71.6 Å². The normalized spacial score (nSPS) is 42.1. The summed E-state index contributed by atoms with van der Waals surface area (Å²) in [4.78, 5) is 13.8. The Morgan fingerprint density at radius 2 is 1.97 bits per heavy atom. The topological polar surface area (TPSA) is 68.0 Å². The molecule has 36 heavy (non-hydrogen) atoms. The Hall–Kier alpha value is -1.11. The maximum absolute atomic E-state index is 13.8. The third kappa shape index (κ3) is 3.88. The summed E-state index contributed by atoms with van der Waals surface area (Å²) >= 11 is 8.13. The van der Waals surface area contributed by atoms with E-state index in [0.29, 0.717) is 34.6 Å². The second kappa shape index (κ2) is 8.98. The summed E-state index contributed by atoms with van der Waals surface area (Å²) < 4.78 is 1.77. The fraction of sp³-hybridized carbons (Fsp3) is 0.759. The third-order valence-corrected chi connectivity index (χ3v) is 12.3. The van der Waals surface area contributed by atoms with E-state index in [-0.39, 0.29) is 11.3 Å². The van der Waals surface area contributed by atoms with Crippen LogP contribution in [0.4, 0.5) is 0 Å². The Kier molecular flexibility index (Phi) is 6.28. The van der Waals surface area contributed by atoms with Crippen LogP contribution in [0.25, 0.3) is 11.0 Å². The van der Waals surface area contributed by atoms with Crippen molar-refractivity contribution in [1.82, 2.24) is 15.0 Å². The molecule has 0 spiro atoms. The highest BCUT2D eigenvalue weighted by Crippen LogP contribution is 2.68. The van der Waals surface area contributed by atoms with Crippen LogP contribution in [0.2, 0.25) is 5.02 Å². The SMILES string of the molecule is CSCC12CC[C@@](C)(O)CC1CCC1[C@@H]2CC[C@]2(C)[C@@H](C(=O)Cn3nnc4cc(Cl)ccc43)CC[C@@H]12. The Morgan fingerprint density at radius 1 is 1.14 bits per heavy atom. The molecule has 8 atom stereocenters. The first-order chi connectivity index (χ1) is 17.2. The van der Waals surface area contributed by atoms with Gasteiger partial charge in [-0.25, -0.2) is 4.68 Å². The lowest BCUT2D eigenvalue weighted by molar-refractivity contribution is -0.149. The zero-order valence-corrected chi connectivity index (χ0v) is 23.5. The summed E-state index contributed by atoms with van der Waals surface area (Å²) in [6.45, 7) is 4.79. The van der Waals surface area contributed by atoms with Crippen molar-refractivity contribution in [1.29, 1.82) is 0 Å². The number of ketones is 1. The summed E-state index contributed by atoms with van der Waals surface area (Å²) in [6, 6.07) is 5.57. The molecule has 196 valence electrons. The minimum Gasteiger partial charge on any atom is -0.390 e. The van der Waals surface area contributed by atoms with E-state index in [1.807, 2.05) is 30.0 Å². The number of aromatic nitrogens is 3. The lowest BCUT2D eigenvalue weighted by atomic mass is 9.44. The van der Waals surface area contributed by atoms with Crippen LogP contribution in [0.3, 0.4) is 0 Å². The van der Waals surface area contributed by atoms with E-state index in [9.17, 15) is 9.90 Å². The van der Waals surface area contributed by atoms with Gasteiger partial charge in [0.25, 0.3) is 0 Å². The molecule has 4 aliphatic carbocycles. The number of carbonyl (C=O) groups is 1. The van der Waals surface area contributed by atoms with E-state index in [4.69, 9.17) is 11.6 Å². The molecule has 0 radical (unpaired) electrons. The standard InChI is InChI=1S/C29H40ClN3O2S/c1-27(35)12-13-29(17-36-3)18(15-27)4-6-20-21-7-8-23(28(21,2)11-10-22(20)29)26(34)16-33-25-9-5-19(30)14-24(25)31-32-33/h5,9,14,18,20-23,35H,4,6-8,10-13,15-17H2,1-3H3/t18?,20?,21-,22-,23+,27+,28-,29?/m0/s1. The molecule has 3 unspecified atom stereocenters. The van der Waals surface area contributed by atoms with Crippen molar-refractivity contribution in [3.63, 3.8) is 0 Å². The molecule has 1 heterocycles. The first kappa shape index (κ1) is 25.2. The highest BCUT2D eigenvalue weighted by Gasteiger charge is 2.62. The van der Waals surface area contributed by atoms with Crippen molar-refractivity contribution in [3.05, 3.63) is 23.2 Å². The lowest BCUT2D eigenvalue weighted by Crippen LogP contribution is -2.58. The monoisotopic (exact) mass is 529 g/mol. The number of carbonyl (C=O) groups excluding carboxylic acids is 1. The van der Waals surface area contributed by atoms with Gasteiger partial charge < -0.3 is 5.11 Å². The molecule has 1 N–H and O–H groups in total. The van der Waals surface area contributed by atoms with E-state index in [2.05, 4.69) is 30.4 Å². The molecule has 0 aliphatic heterocycles. The van der Waals surface area contributed by atoms with Crippen molar-refractivity contribution >= 4 is 40.2 Å². The highest BCUT2D eigenvalue weighted by atomic mass is 35.5. The summed E-state index contributed by atoms with van der Waals surface area (Å²) in [7, 11) is 0. The van der Waals surface area contributed by atoms with Gasteiger partial charge in [0.15, 0.2) is 5.78 Å². The van der Waals surface area contributed by atoms with E-state index in [1.165, 1.54) is 37.9 Å². The fourth-order valence-electron chi connectivity index (χ4n) is 9.63. The number of hydrogen-bond donors (Lipinski definition) is 1. The second-order valence-corrected chi connectivity index (χ2v) is 14.3. The molecule has 4 fully saturated rings. The molecule has 4 aliphatic rings. The van der Waals surface area contributed by atoms with Crippen LogP contribution < -0.4 is 0 Å². The van der Waals surface area contributed by atoms with Gasteiger partial charge in [0.1, 0.15) is 12.1 Å². The first-order valence-electron chi connectivity index (χ1n) is 13.9. The maximum atomic E-state index is 13.8. The van der Waals surface area contributed by atoms with Gasteiger partial charge in [-0.2, -0.15) is 11.8 Å². The van der Waals surface area contributed by atoms with E-state index >= 15 is 0 Å². The molecule has 7 heteroatoms. The average molecular weight is 530 g/mol. The van der Waals surface area contributed by atoms with Crippen LogP contribution in [-0.4, -0.2) is 43.5 Å². The minimum atomic E-state index is -0.496. The lowest BCUT2D eigenvalue weighted by Gasteiger charge is -2.62. The minimum absolute atomic E-state index is 0.0888. The quantitative estimate of drug-likeness (QED) is 0.485. The number of Topliss-reactive ketones (excluding diaryl/α,β-unsaturated/α-hetero) is 1. The molecule has 0 bridgehead atoms. The number of benzene rings is 1. The smallest absolute Gasteiger partial charge is 0.157 e. The van der Waals surface area contributed by atoms with Crippen LogP contribution in [0.5, 0.6) is 0 Å². The molecular weight excluding hydrogens is 490 g/mol. The fourth-order valence-corrected chi connectivity index (χ4v) is 10.9. The molecule has 0 amide bonds. The Morgan fingerprint density at radius 3 is 2.78 bits per heavy atom. The first-order valence-corrected chi connectivity index (χ1v) is 15.7. The van der Waals surface area contributed by atoms with Gasteiger partial charge in [0.2, 0.25) is 0 Å². The molecule has 2 aromatic rings. The second-order valence-electron chi connectivity index (χ2n) is 13.0. The highest BCUT2D eigenvalue weighted by molar-refractivity contribution is 7.98. The molecule has 4 saturated carbocycles. The summed E-state index contributed by atoms with van der Waals surface area (Å²) in [5, 5.41) is 20.1. The number of aliphatic hydroxyl groups is 1.